The fourth-order valence-corrected chi connectivity index (χ4v) is 7.65. The van der Waals surface area contributed by atoms with Crippen molar-refractivity contribution >= 4 is 75.1 Å². The van der Waals surface area contributed by atoms with Crippen LogP contribution in [0.2, 0.25) is 0 Å². The number of phosphoric ester groups is 3. The first-order valence-electron chi connectivity index (χ1n) is 16.1. The largest absolute Gasteiger partial charge is 0.481 e. The average Bonchev–Trinajstić information content (AvgIpc) is 3.64. The van der Waals surface area contributed by atoms with Gasteiger partial charge in [0.2, 0.25) is 11.8 Å². The van der Waals surface area contributed by atoms with Gasteiger partial charge in [-0.2, -0.15) is 4.31 Å². The molecule has 2 aromatic rings. The predicted molar refractivity (Wildman–Crippen MR) is 192 cm³/mol. The number of nitrogens with one attached hydrogen (secondary N) is 2. The Morgan fingerprint density at radius 1 is 1.04 bits per heavy atom. The Hall–Kier alpha value is -3.01. The van der Waals surface area contributed by atoms with Gasteiger partial charge in [0.15, 0.2) is 22.8 Å². The first-order valence-corrected chi connectivity index (χ1v) is 21.6. The molecule has 0 aromatic carbocycles. The molecule has 0 radical (unpaired) electrons. The summed E-state index contributed by atoms with van der Waals surface area (Å²) in [5.74, 6) is -2.27. The van der Waals surface area contributed by atoms with E-state index in [4.69, 9.17) is 29.7 Å². The monoisotopic (exact) mass is 899 g/mol. The maximum Gasteiger partial charge on any atom is 0.481 e. The Balaban J connectivity index is 0.00000173. The number of thioether (sulfide) groups is 1. The molecule has 1 aliphatic heterocycles. The standard InChI is InChI=1S/C23H38N7O17P3S.C3H6O3/c1-12(31)51-7-6-25-14(32)4-5-26-21(35)18(34)23(2,3)9-44-50(41,42)47-49(39,40)43-8-13-17(46-48(36,37)38)16(33)22(45-13)30-11-29-15-19(24)27-10-28-20(15)30;1-2(4)3(5)6/h10-11,13,16-18,22,33-34H,4-9H2,1-3H3,(H,25,32)(H,26,35)(H,39,40)(H,41,42)(H2,24,27,28)(H2,36,37,38);2,4H,1H3,(H,5,6)/t13-,16-,17-,18+,22-;/m1./s1. The molecule has 31 heteroatoms. The van der Waals surface area contributed by atoms with Crippen molar-refractivity contribution in [2.45, 2.75) is 70.9 Å². The number of rotatable bonds is 20. The van der Waals surface area contributed by atoms with E-state index in [-0.39, 0.29) is 41.6 Å². The molecule has 57 heavy (non-hydrogen) atoms. The van der Waals surface area contributed by atoms with Crippen LogP contribution in [0.4, 0.5) is 5.82 Å². The number of aliphatic carboxylic acids is 1. The minimum atomic E-state index is -5.56. The predicted octanol–water partition coefficient (Wildman–Crippen LogP) is -1.86. The van der Waals surface area contributed by atoms with E-state index in [1.165, 1.54) is 27.7 Å². The van der Waals surface area contributed by atoms with Crippen LogP contribution in [0.5, 0.6) is 0 Å². The highest BCUT2D eigenvalue weighted by molar-refractivity contribution is 8.13. The third kappa shape index (κ3) is 16.6. The van der Waals surface area contributed by atoms with Crippen molar-refractivity contribution in [3.05, 3.63) is 12.7 Å². The second-order valence-corrected chi connectivity index (χ2v) is 17.9. The first-order chi connectivity index (χ1) is 26.2. The Labute approximate surface area is 327 Å². The van der Waals surface area contributed by atoms with Gasteiger partial charge in [-0.1, -0.05) is 25.6 Å². The minimum Gasteiger partial charge on any atom is -0.479 e. The van der Waals surface area contributed by atoms with Crippen molar-refractivity contribution in [2.75, 3.05) is 37.8 Å². The van der Waals surface area contributed by atoms with Crippen LogP contribution in [0, 0.1) is 5.41 Å². The van der Waals surface area contributed by atoms with Gasteiger partial charge in [-0.05, 0) is 6.92 Å². The number of fused-ring (bicyclic) bond motifs is 1. The Bertz CT molecular complexity index is 1860. The fourth-order valence-electron chi connectivity index (χ4n) is 4.32. The fraction of sp³-hybridized carbons (Fsp3) is 0.654. The van der Waals surface area contributed by atoms with E-state index in [1.807, 2.05) is 0 Å². The zero-order valence-electron chi connectivity index (χ0n) is 30.5. The molecule has 0 bridgehead atoms. The number of carboxylic acids is 1. The molecule has 27 nitrogen and oxygen atoms in total. The number of imidazole rings is 1. The maximum absolute atomic E-state index is 12.6. The maximum atomic E-state index is 12.6. The second kappa shape index (κ2) is 21.3. The van der Waals surface area contributed by atoms with E-state index >= 15 is 0 Å². The van der Waals surface area contributed by atoms with Crippen LogP contribution in [-0.4, -0.2) is 145 Å². The van der Waals surface area contributed by atoms with E-state index < -0.39 is 96.6 Å². The number of amides is 2. The lowest BCUT2D eigenvalue weighted by molar-refractivity contribution is -0.145. The van der Waals surface area contributed by atoms with E-state index in [1.54, 1.807) is 0 Å². The number of aliphatic hydroxyl groups is 3. The first kappa shape index (κ1) is 50.1. The number of hydrogen-bond acceptors (Lipinski definition) is 20. The zero-order valence-corrected chi connectivity index (χ0v) is 34.0. The third-order valence-electron chi connectivity index (χ3n) is 7.16. The van der Waals surface area contributed by atoms with Crippen LogP contribution in [0.25, 0.3) is 11.2 Å². The Kier molecular flexibility index (Phi) is 18.7. The van der Waals surface area contributed by atoms with Crippen LogP contribution in [0.1, 0.15) is 40.3 Å². The number of hydrogen-bond donors (Lipinski definition) is 11. The molecule has 1 saturated heterocycles. The quantitative estimate of drug-likeness (QED) is 0.0512. The second-order valence-electron chi connectivity index (χ2n) is 12.4. The number of nitrogens with two attached hydrogens (primary N) is 1. The summed E-state index contributed by atoms with van der Waals surface area (Å²) in [5, 5.41) is 41.8. The summed E-state index contributed by atoms with van der Waals surface area (Å²) in [6.45, 7) is 3.10. The Morgan fingerprint density at radius 3 is 2.23 bits per heavy atom. The summed E-state index contributed by atoms with van der Waals surface area (Å²) in [6, 6.07) is 0. The molecule has 2 aromatic heterocycles. The number of anilines is 1. The molecule has 0 saturated carbocycles. The van der Waals surface area contributed by atoms with Crippen LogP contribution in [0.15, 0.2) is 12.7 Å². The van der Waals surface area contributed by atoms with E-state index in [2.05, 4.69) is 34.4 Å². The van der Waals surface area contributed by atoms with Gasteiger partial charge in [0.05, 0.1) is 19.5 Å². The molecular formula is C26H44N7O20P3S. The number of phosphoric acid groups is 3. The number of carbonyl (C=O) groups is 4. The van der Waals surface area contributed by atoms with Crippen molar-refractivity contribution in [3.63, 3.8) is 0 Å². The van der Waals surface area contributed by atoms with Gasteiger partial charge in [0, 0.05) is 37.6 Å². The van der Waals surface area contributed by atoms with E-state index in [0.29, 0.717) is 5.75 Å². The summed E-state index contributed by atoms with van der Waals surface area (Å²) in [5.41, 5.74) is 4.26. The van der Waals surface area contributed by atoms with Gasteiger partial charge < -0.3 is 61.1 Å². The highest BCUT2D eigenvalue weighted by atomic mass is 32.2. The van der Waals surface area contributed by atoms with Crippen molar-refractivity contribution in [3.8, 4) is 0 Å². The molecule has 0 aliphatic carbocycles. The summed E-state index contributed by atoms with van der Waals surface area (Å²) < 4.78 is 61.8. The van der Waals surface area contributed by atoms with Gasteiger partial charge in [0.25, 0.3) is 0 Å². The van der Waals surface area contributed by atoms with Crippen molar-refractivity contribution in [2.24, 2.45) is 5.41 Å². The number of nitrogens with zero attached hydrogens (tertiary/aromatic N) is 4. The van der Waals surface area contributed by atoms with Gasteiger partial charge in [-0.15, -0.1) is 0 Å². The summed E-state index contributed by atoms with van der Waals surface area (Å²) in [4.78, 5) is 95.4. The zero-order chi connectivity index (χ0) is 43.5. The number of carboxylic acid groups (broad SMARTS) is 1. The normalized spacial score (nSPS) is 21.7. The van der Waals surface area contributed by atoms with Crippen molar-refractivity contribution < 1.29 is 95.5 Å². The van der Waals surface area contributed by atoms with Gasteiger partial charge >= 0.3 is 29.4 Å². The summed E-state index contributed by atoms with van der Waals surface area (Å²) in [7, 11) is -16.4. The molecule has 2 amide bonds. The van der Waals surface area contributed by atoms with Gasteiger partial charge in [-0.3, -0.25) is 32.5 Å². The molecule has 324 valence electrons. The highest BCUT2D eigenvalue weighted by Crippen LogP contribution is 2.61. The number of aliphatic hydroxyl groups excluding tert-OH is 3. The number of carbonyl (C=O) groups excluding carboxylic acids is 3. The van der Waals surface area contributed by atoms with E-state index in [9.17, 15) is 62.7 Å². The molecular weight excluding hydrogens is 855 g/mol. The average molecular weight is 900 g/mol. The molecule has 3 heterocycles. The van der Waals surface area contributed by atoms with Crippen LogP contribution >= 0.6 is 35.2 Å². The molecule has 1 fully saturated rings. The minimum absolute atomic E-state index is 0.0310. The smallest absolute Gasteiger partial charge is 0.479 e. The van der Waals surface area contributed by atoms with Crippen molar-refractivity contribution in [1.82, 2.24) is 30.2 Å². The Morgan fingerprint density at radius 2 is 1.65 bits per heavy atom. The van der Waals surface area contributed by atoms with E-state index in [0.717, 1.165) is 29.0 Å². The van der Waals surface area contributed by atoms with Gasteiger partial charge in [-0.25, -0.2) is 33.4 Å². The molecule has 3 rings (SSSR count). The summed E-state index contributed by atoms with van der Waals surface area (Å²) in [6.07, 6.45) is -8.11. The molecule has 3 unspecified atom stereocenters. The molecule has 8 atom stereocenters. The molecule has 1 aliphatic rings. The summed E-state index contributed by atoms with van der Waals surface area (Å²) >= 11 is 1.03. The topological polar surface area (TPSA) is 421 Å². The number of aromatic nitrogens is 4. The lowest BCUT2D eigenvalue weighted by Crippen LogP contribution is -2.46. The van der Waals surface area contributed by atoms with Crippen LogP contribution in [0.3, 0.4) is 0 Å². The number of ether oxygens (including phenoxy) is 1. The molecule has 12 N–H and O–H groups in total. The lowest BCUT2D eigenvalue weighted by atomic mass is 9.87. The lowest BCUT2D eigenvalue weighted by Gasteiger charge is -2.30. The van der Waals surface area contributed by atoms with Crippen molar-refractivity contribution in [1.29, 1.82) is 0 Å². The third-order valence-corrected chi connectivity index (χ3v) is 11.1. The molecule has 0 spiro atoms. The van der Waals surface area contributed by atoms with Crippen LogP contribution in [-0.2, 0) is 55.5 Å². The number of nitrogen functional groups attached to an aromatic ring is 1. The highest BCUT2D eigenvalue weighted by Gasteiger charge is 2.50. The van der Waals surface area contributed by atoms with Gasteiger partial charge in [0.1, 0.15) is 42.4 Å². The van der Waals surface area contributed by atoms with Crippen LogP contribution < -0.4 is 16.4 Å². The SMILES string of the molecule is CC(=O)SCCNC(=O)CCNC(=O)[C@H](O)C(C)(C)COP(=O)(O)OP(=O)(O)OC[C@H]1O[C@@H](n2cnc3c(N)ncnc32)[C@H](O)[C@@H]1OP(=O)(O)O.CC(O)C(=O)O.